The first-order chi connectivity index (χ1) is 8.67. The molecular weight excluding hydrogens is 237 g/mol. The SMILES string of the molecule is CC1COC(CO)CN1c1cccc(F)c1CO. The molecule has 18 heavy (non-hydrogen) atoms. The molecule has 2 N–H and O–H groups in total. The zero-order valence-electron chi connectivity index (χ0n) is 10.3. The van der Waals surface area contributed by atoms with Crippen LogP contribution < -0.4 is 4.90 Å². The van der Waals surface area contributed by atoms with Crippen LogP contribution in [0.5, 0.6) is 0 Å². The van der Waals surface area contributed by atoms with Gasteiger partial charge in [-0.15, -0.1) is 0 Å². The third-order valence-corrected chi connectivity index (χ3v) is 3.27. The predicted octanol–water partition coefficient (Wildman–Crippen LogP) is 0.904. The van der Waals surface area contributed by atoms with Crippen molar-refractivity contribution < 1.29 is 19.3 Å². The summed E-state index contributed by atoms with van der Waals surface area (Å²) in [5, 5.41) is 18.4. The number of aliphatic hydroxyl groups excluding tert-OH is 2. The maximum Gasteiger partial charge on any atom is 0.130 e. The summed E-state index contributed by atoms with van der Waals surface area (Å²) < 4.78 is 19.1. The van der Waals surface area contributed by atoms with Gasteiger partial charge in [-0.3, -0.25) is 0 Å². The molecule has 5 heteroatoms. The minimum Gasteiger partial charge on any atom is -0.394 e. The van der Waals surface area contributed by atoms with Gasteiger partial charge in [0, 0.05) is 23.8 Å². The molecule has 0 radical (unpaired) electrons. The van der Waals surface area contributed by atoms with Gasteiger partial charge >= 0.3 is 0 Å². The number of benzene rings is 1. The lowest BCUT2D eigenvalue weighted by Gasteiger charge is -2.40. The van der Waals surface area contributed by atoms with Crippen molar-refractivity contribution in [2.24, 2.45) is 0 Å². The number of halogens is 1. The van der Waals surface area contributed by atoms with Crippen molar-refractivity contribution in [2.75, 3.05) is 24.7 Å². The van der Waals surface area contributed by atoms with Crippen LogP contribution in [-0.2, 0) is 11.3 Å². The maximum atomic E-state index is 13.6. The lowest BCUT2D eigenvalue weighted by atomic mass is 10.1. The summed E-state index contributed by atoms with van der Waals surface area (Å²) in [4.78, 5) is 1.97. The highest BCUT2D eigenvalue weighted by molar-refractivity contribution is 5.55. The Kier molecular flexibility index (Phi) is 4.16. The van der Waals surface area contributed by atoms with Gasteiger partial charge in [0.05, 0.1) is 25.9 Å². The molecule has 2 unspecified atom stereocenters. The van der Waals surface area contributed by atoms with E-state index in [1.54, 1.807) is 12.1 Å². The molecule has 0 aliphatic carbocycles. The molecule has 1 saturated heterocycles. The number of hydrogen-bond donors (Lipinski definition) is 2. The standard InChI is InChI=1S/C13H18FNO3/c1-9-8-18-10(6-16)5-15(9)13-4-2-3-12(14)11(13)7-17/h2-4,9-10,16-17H,5-8H2,1H3. The highest BCUT2D eigenvalue weighted by atomic mass is 19.1. The molecule has 1 aliphatic rings. The lowest BCUT2D eigenvalue weighted by Crippen LogP contribution is -2.50. The average molecular weight is 255 g/mol. The molecule has 2 atom stereocenters. The van der Waals surface area contributed by atoms with Gasteiger partial charge in [0.1, 0.15) is 5.82 Å². The van der Waals surface area contributed by atoms with Crippen molar-refractivity contribution in [2.45, 2.75) is 25.7 Å². The average Bonchev–Trinajstić information content (AvgIpc) is 2.39. The van der Waals surface area contributed by atoms with Gasteiger partial charge in [0.2, 0.25) is 0 Å². The summed E-state index contributed by atoms with van der Waals surface area (Å²) in [5.41, 5.74) is 0.967. The van der Waals surface area contributed by atoms with Gasteiger partial charge in [-0.25, -0.2) is 4.39 Å². The summed E-state index contributed by atoms with van der Waals surface area (Å²) in [6.45, 7) is 2.54. The summed E-state index contributed by atoms with van der Waals surface area (Å²) in [6, 6.07) is 4.83. The fraction of sp³-hybridized carbons (Fsp3) is 0.538. The molecule has 1 aliphatic heterocycles. The van der Waals surface area contributed by atoms with Crippen molar-refractivity contribution in [3.05, 3.63) is 29.6 Å². The van der Waals surface area contributed by atoms with Crippen LogP contribution in [-0.4, -0.2) is 42.1 Å². The van der Waals surface area contributed by atoms with E-state index in [1.807, 2.05) is 11.8 Å². The summed E-state index contributed by atoms with van der Waals surface area (Å²) >= 11 is 0. The molecule has 1 aromatic rings. The molecule has 4 nitrogen and oxygen atoms in total. The maximum absolute atomic E-state index is 13.6. The van der Waals surface area contributed by atoms with Crippen LogP contribution in [0, 0.1) is 5.82 Å². The van der Waals surface area contributed by atoms with Gasteiger partial charge in [-0.1, -0.05) is 6.07 Å². The first-order valence-corrected chi connectivity index (χ1v) is 6.04. The highest BCUT2D eigenvalue weighted by Crippen LogP contribution is 2.27. The van der Waals surface area contributed by atoms with E-state index in [2.05, 4.69) is 0 Å². The Balaban J connectivity index is 2.31. The third kappa shape index (κ3) is 2.48. The smallest absolute Gasteiger partial charge is 0.130 e. The molecule has 1 heterocycles. The van der Waals surface area contributed by atoms with E-state index in [-0.39, 0.29) is 25.4 Å². The minimum absolute atomic E-state index is 0.0625. The normalized spacial score (nSPS) is 24.3. The van der Waals surface area contributed by atoms with E-state index >= 15 is 0 Å². The van der Waals surface area contributed by atoms with E-state index in [0.29, 0.717) is 24.4 Å². The first-order valence-electron chi connectivity index (χ1n) is 6.04. The Hall–Kier alpha value is -1.17. The number of anilines is 1. The summed E-state index contributed by atoms with van der Waals surface area (Å²) in [7, 11) is 0. The largest absolute Gasteiger partial charge is 0.394 e. The van der Waals surface area contributed by atoms with Crippen molar-refractivity contribution in [3.8, 4) is 0 Å². The molecule has 2 rings (SSSR count). The van der Waals surface area contributed by atoms with Gasteiger partial charge in [-0.2, -0.15) is 0 Å². The second kappa shape index (κ2) is 5.65. The number of rotatable bonds is 3. The number of morpholine rings is 1. The van der Waals surface area contributed by atoms with Crippen LogP contribution in [0.4, 0.5) is 10.1 Å². The Morgan fingerprint density at radius 3 is 2.89 bits per heavy atom. The Morgan fingerprint density at radius 2 is 2.22 bits per heavy atom. The second-order valence-corrected chi connectivity index (χ2v) is 4.53. The zero-order chi connectivity index (χ0) is 13.1. The van der Waals surface area contributed by atoms with Crippen LogP contribution in [0.1, 0.15) is 12.5 Å². The Bertz CT molecular complexity index is 413. The van der Waals surface area contributed by atoms with Crippen LogP contribution >= 0.6 is 0 Å². The Labute approximate surface area is 106 Å². The molecule has 100 valence electrons. The number of hydrogen-bond acceptors (Lipinski definition) is 4. The molecule has 0 aromatic heterocycles. The molecule has 1 aromatic carbocycles. The van der Waals surface area contributed by atoms with Crippen molar-refractivity contribution >= 4 is 5.69 Å². The molecule has 1 fully saturated rings. The van der Waals surface area contributed by atoms with Crippen LogP contribution in [0.25, 0.3) is 0 Å². The molecule has 0 bridgehead atoms. The van der Waals surface area contributed by atoms with Crippen LogP contribution in [0.2, 0.25) is 0 Å². The van der Waals surface area contributed by atoms with Crippen LogP contribution in [0.15, 0.2) is 18.2 Å². The predicted molar refractivity (Wildman–Crippen MR) is 66.0 cm³/mol. The topological polar surface area (TPSA) is 52.9 Å². The van der Waals surface area contributed by atoms with Gasteiger partial charge in [-0.05, 0) is 19.1 Å². The quantitative estimate of drug-likeness (QED) is 0.842. The zero-order valence-corrected chi connectivity index (χ0v) is 10.3. The minimum atomic E-state index is -0.408. The Morgan fingerprint density at radius 1 is 1.44 bits per heavy atom. The van der Waals surface area contributed by atoms with Crippen molar-refractivity contribution in [1.29, 1.82) is 0 Å². The summed E-state index contributed by atoms with van der Waals surface area (Å²) in [6.07, 6.45) is -0.268. The van der Waals surface area contributed by atoms with E-state index in [9.17, 15) is 9.50 Å². The molecule has 0 amide bonds. The molecule has 0 saturated carbocycles. The number of ether oxygens (including phenoxy) is 1. The fourth-order valence-corrected chi connectivity index (χ4v) is 2.24. The summed E-state index contributed by atoms with van der Waals surface area (Å²) in [5.74, 6) is -0.408. The van der Waals surface area contributed by atoms with Crippen LogP contribution in [0.3, 0.4) is 0 Å². The molecule has 0 spiro atoms. The lowest BCUT2D eigenvalue weighted by molar-refractivity contribution is -0.0104. The fourth-order valence-electron chi connectivity index (χ4n) is 2.24. The number of nitrogens with zero attached hydrogens (tertiary/aromatic N) is 1. The van der Waals surface area contributed by atoms with E-state index in [0.717, 1.165) is 0 Å². The van der Waals surface area contributed by atoms with E-state index in [1.165, 1.54) is 6.07 Å². The third-order valence-electron chi connectivity index (χ3n) is 3.27. The first kappa shape index (κ1) is 13.3. The number of aliphatic hydroxyl groups is 2. The van der Waals surface area contributed by atoms with Crippen molar-refractivity contribution in [1.82, 2.24) is 0 Å². The molecular formula is C13H18FNO3. The van der Waals surface area contributed by atoms with E-state index < -0.39 is 5.82 Å². The highest BCUT2D eigenvalue weighted by Gasteiger charge is 2.27. The second-order valence-electron chi connectivity index (χ2n) is 4.53. The van der Waals surface area contributed by atoms with Gasteiger partial charge < -0.3 is 19.8 Å². The monoisotopic (exact) mass is 255 g/mol. The van der Waals surface area contributed by atoms with Crippen molar-refractivity contribution in [3.63, 3.8) is 0 Å². The van der Waals surface area contributed by atoms with Gasteiger partial charge in [0.25, 0.3) is 0 Å². The van der Waals surface area contributed by atoms with Gasteiger partial charge in [0.15, 0.2) is 0 Å². The van der Waals surface area contributed by atoms with E-state index in [4.69, 9.17) is 9.84 Å².